The van der Waals surface area contributed by atoms with Crippen LogP contribution < -0.4 is 0 Å². The molecule has 1 aromatic rings. The van der Waals surface area contributed by atoms with Gasteiger partial charge in [-0.1, -0.05) is 12.1 Å². The molecule has 5 nitrogen and oxygen atoms in total. The lowest BCUT2D eigenvalue weighted by Crippen LogP contribution is -2.21. The summed E-state index contributed by atoms with van der Waals surface area (Å²) in [4.78, 5) is 10.2. The topological polar surface area (TPSA) is 61.6 Å². The van der Waals surface area contributed by atoms with E-state index in [0.29, 0.717) is 6.61 Å². The number of ether oxygens (including phenoxy) is 2. The van der Waals surface area contributed by atoms with Crippen molar-refractivity contribution in [2.75, 3.05) is 6.61 Å². The highest BCUT2D eigenvalue weighted by atomic mass is 16.7. The molecule has 17 heavy (non-hydrogen) atoms. The van der Waals surface area contributed by atoms with E-state index in [1.807, 2.05) is 6.07 Å². The Labute approximate surface area is 99.5 Å². The fraction of sp³-hybridized carbons (Fsp3) is 0.500. The lowest BCUT2D eigenvalue weighted by molar-refractivity contribution is -0.385. The Morgan fingerprint density at radius 1 is 1.47 bits per heavy atom. The van der Waals surface area contributed by atoms with Crippen LogP contribution in [0.25, 0.3) is 0 Å². The largest absolute Gasteiger partial charge is 0.353 e. The molecule has 0 amide bonds. The van der Waals surface area contributed by atoms with Crippen molar-refractivity contribution in [2.45, 2.75) is 32.2 Å². The van der Waals surface area contributed by atoms with Gasteiger partial charge in [-0.05, 0) is 24.8 Å². The number of nitro benzene ring substituents is 1. The maximum absolute atomic E-state index is 10.6. The minimum atomic E-state index is -0.402. The standard InChI is InChI=1S/C12H15NO4/c14-13(15)11-5-3-4-10(8-11)9-17-12-6-1-2-7-16-12/h3-5,8,12H,1-2,6-7,9H2. The Kier molecular flexibility index (Phi) is 4.06. The number of nitro groups is 1. The van der Waals surface area contributed by atoms with E-state index >= 15 is 0 Å². The smallest absolute Gasteiger partial charge is 0.269 e. The second-order valence-corrected chi connectivity index (χ2v) is 4.03. The van der Waals surface area contributed by atoms with Crippen molar-refractivity contribution in [3.63, 3.8) is 0 Å². The molecule has 92 valence electrons. The van der Waals surface area contributed by atoms with E-state index < -0.39 is 4.92 Å². The highest BCUT2D eigenvalue weighted by molar-refractivity contribution is 5.33. The van der Waals surface area contributed by atoms with Crippen LogP contribution in [0.2, 0.25) is 0 Å². The number of hydrogen-bond acceptors (Lipinski definition) is 4. The molecule has 1 atom stereocenters. The molecule has 1 saturated heterocycles. The molecule has 0 aliphatic carbocycles. The molecule has 0 bridgehead atoms. The van der Waals surface area contributed by atoms with Crippen LogP contribution in [0, 0.1) is 10.1 Å². The molecule has 0 aromatic heterocycles. The summed E-state index contributed by atoms with van der Waals surface area (Å²) >= 11 is 0. The average Bonchev–Trinajstić information content (AvgIpc) is 2.38. The van der Waals surface area contributed by atoms with Crippen molar-refractivity contribution in [3.8, 4) is 0 Å². The molecule has 1 fully saturated rings. The molecule has 1 aliphatic heterocycles. The molecule has 5 heteroatoms. The Morgan fingerprint density at radius 3 is 3.06 bits per heavy atom. The molecule has 1 aromatic carbocycles. The highest BCUT2D eigenvalue weighted by Crippen LogP contribution is 2.18. The monoisotopic (exact) mass is 237 g/mol. The van der Waals surface area contributed by atoms with Crippen molar-refractivity contribution >= 4 is 5.69 Å². The van der Waals surface area contributed by atoms with Gasteiger partial charge in [-0.2, -0.15) is 0 Å². The summed E-state index contributed by atoms with van der Waals surface area (Å²) < 4.78 is 11.0. The van der Waals surface area contributed by atoms with Gasteiger partial charge in [-0.25, -0.2) is 0 Å². The van der Waals surface area contributed by atoms with Gasteiger partial charge in [0.05, 0.1) is 11.5 Å². The summed E-state index contributed by atoms with van der Waals surface area (Å²) in [7, 11) is 0. The first-order valence-corrected chi connectivity index (χ1v) is 5.72. The maximum Gasteiger partial charge on any atom is 0.269 e. The fourth-order valence-electron chi connectivity index (χ4n) is 1.79. The van der Waals surface area contributed by atoms with Crippen molar-refractivity contribution in [1.82, 2.24) is 0 Å². The van der Waals surface area contributed by atoms with Crippen LogP contribution in [-0.4, -0.2) is 17.8 Å². The molecule has 0 saturated carbocycles. The highest BCUT2D eigenvalue weighted by Gasteiger charge is 2.14. The second-order valence-electron chi connectivity index (χ2n) is 4.03. The van der Waals surface area contributed by atoms with Gasteiger partial charge >= 0.3 is 0 Å². The zero-order valence-electron chi connectivity index (χ0n) is 9.50. The fourth-order valence-corrected chi connectivity index (χ4v) is 1.79. The third-order valence-electron chi connectivity index (χ3n) is 2.70. The zero-order chi connectivity index (χ0) is 12.1. The number of nitrogens with zero attached hydrogens (tertiary/aromatic N) is 1. The van der Waals surface area contributed by atoms with E-state index in [2.05, 4.69) is 0 Å². The number of non-ortho nitro benzene ring substituents is 1. The summed E-state index contributed by atoms with van der Waals surface area (Å²) in [5, 5.41) is 10.6. The van der Waals surface area contributed by atoms with E-state index in [0.717, 1.165) is 31.4 Å². The Hall–Kier alpha value is -1.46. The van der Waals surface area contributed by atoms with Crippen LogP contribution in [0.1, 0.15) is 24.8 Å². The van der Waals surface area contributed by atoms with Gasteiger partial charge in [0.2, 0.25) is 0 Å². The van der Waals surface area contributed by atoms with Crippen molar-refractivity contribution in [3.05, 3.63) is 39.9 Å². The normalized spacial score (nSPS) is 20.1. The van der Waals surface area contributed by atoms with Gasteiger partial charge in [0, 0.05) is 18.7 Å². The Bertz CT molecular complexity index is 388. The Balaban J connectivity index is 1.89. The molecule has 0 spiro atoms. The van der Waals surface area contributed by atoms with Crippen LogP contribution >= 0.6 is 0 Å². The summed E-state index contributed by atoms with van der Waals surface area (Å²) in [5.41, 5.74) is 0.893. The van der Waals surface area contributed by atoms with E-state index in [1.165, 1.54) is 12.1 Å². The minimum Gasteiger partial charge on any atom is -0.353 e. The molecule has 0 N–H and O–H groups in total. The number of hydrogen-bond donors (Lipinski definition) is 0. The lowest BCUT2D eigenvalue weighted by atomic mass is 10.2. The van der Waals surface area contributed by atoms with Crippen LogP contribution in [0.4, 0.5) is 5.69 Å². The summed E-state index contributed by atoms with van der Waals surface area (Å²) in [5.74, 6) is 0. The van der Waals surface area contributed by atoms with Crippen LogP contribution in [-0.2, 0) is 16.1 Å². The van der Waals surface area contributed by atoms with Gasteiger partial charge in [-0.3, -0.25) is 10.1 Å². The maximum atomic E-state index is 10.6. The summed E-state index contributed by atoms with van der Waals surface area (Å²) in [6.07, 6.45) is 2.92. The molecular formula is C12H15NO4. The van der Waals surface area contributed by atoms with Gasteiger partial charge in [-0.15, -0.1) is 0 Å². The SMILES string of the molecule is O=[N+]([O-])c1cccc(COC2CCCCO2)c1. The van der Waals surface area contributed by atoms with E-state index in [1.54, 1.807) is 6.07 Å². The molecular weight excluding hydrogens is 222 g/mol. The first kappa shape index (κ1) is 12.0. The van der Waals surface area contributed by atoms with Crippen LogP contribution in [0.15, 0.2) is 24.3 Å². The van der Waals surface area contributed by atoms with Gasteiger partial charge < -0.3 is 9.47 Å². The molecule has 0 radical (unpaired) electrons. The molecule has 1 heterocycles. The summed E-state index contributed by atoms with van der Waals surface area (Å²) in [6, 6.07) is 6.48. The quantitative estimate of drug-likeness (QED) is 0.596. The van der Waals surface area contributed by atoms with E-state index in [-0.39, 0.29) is 12.0 Å². The third-order valence-corrected chi connectivity index (χ3v) is 2.70. The number of benzene rings is 1. The van der Waals surface area contributed by atoms with Gasteiger partial charge in [0.25, 0.3) is 5.69 Å². The minimum absolute atomic E-state index is 0.0932. The van der Waals surface area contributed by atoms with Crippen molar-refractivity contribution < 1.29 is 14.4 Å². The van der Waals surface area contributed by atoms with Crippen molar-refractivity contribution in [2.24, 2.45) is 0 Å². The molecule has 2 rings (SSSR count). The van der Waals surface area contributed by atoms with Gasteiger partial charge in [0.15, 0.2) is 6.29 Å². The lowest BCUT2D eigenvalue weighted by Gasteiger charge is -2.22. The third kappa shape index (κ3) is 3.51. The number of rotatable bonds is 4. The Morgan fingerprint density at radius 2 is 2.35 bits per heavy atom. The first-order chi connectivity index (χ1) is 8.25. The second kappa shape index (κ2) is 5.75. The first-order valence-electron chi connectivity index (χ1n) is 5.72. The zero-order valence-corrected chi connectivity index (χ0v) is 9.50. The van der Waals surface area contributed by atoms with E-state index in [4.69, 9.17) is 9.47 Å². The summed E-state index contributed by atoms with van der Waals surface area (Å²) in [6.45, 7) is 1.09. The van der Waals surface area contributed by atoms with Crippen LogP contribution in [0.3, 0.4) is 0 Å². The van der Waals surface area contributed by atoms with Crippen molar-refractivity contribution in [1.29, 1.82) is 0 Å². The molecule has 1 aliphatic rings. The predicted octanol–water partition coefficient (Wildman–Crippen LogP) is 2.64. The predicted molar refractivity (Wildman–Crippen MR) is 61.5 cm³/mol. The average molecular weight is 237 g/mol. The molecule has 1 unspecified atom stereocenters. The van der Waals surface area contributed by atoms with Crippen LogP contribution in [0.5, 0.6) is 0 Å². The van der Waals surface area contributed by atoms with E-state index in [9.17, 15) is 10.1 Å². The van der Waals surface area contributed by atoms with Gasteiger partial charge in [0.1, 0.15) is 0 Å².